The van der Waals surface area contributed by atoms with Crippen LogP contribution in [0.25, 0.3) is 0 Å². The molecule has 0 heterocycles. The first kappa shape index (κ1) is 108. The zero-order valence-electron chi connectivity index (χ0n) is 58.6. The third-order valence-corrected chi connectivity index (χ3v) is 15.8. The van der Waals surface area contributed by atoms with Crippen LogP contribution >= 0.6 is 92.8 Å². The number of nitro groups is 4. The first-order valence-corrected chi connectivity index (χ1v) is 34.6. The first-order valence-electron chi connectivity index (χ1n) is 31.1. The minimum atomic E-state index is -1.37. The Bertz CT molecular complexity index is 3170. The van der Waals surface area contributed by atoms with E-state index in [4.69, 9.17) is 123 Å². The van der Waals surface area contributed by atoms with E-state index in [1.54, 1.807) is 0 Å². The zero-order valence-corrected chi connectivity index (χ0v) is 66.9. The molecule has 49 heteroatoms. The Hall–Kier alpha value is -6.66. The molecule has 0 fully saturated rings. The van der Waals surface area contributed by atoms with Gasteiger partial charge in [0.2, 0.25) is 11.8 Å². The average Bonchev–Trinajstić information content (AvgIpc) is 0.877. The number of carboxylic acids is 2. The number of amides is 6. The van der Waals surface area contributed by atoms with Crippen LogP contribution in [-0.4, -0.2) is 275 Å². The largest absolute Gasteiger partial charge is 2.00 e. The summed E-state index contributed by atoms with van der Waals surface area (Å²) >= 11 is 42.8. The molecular formula is C62H80CaCl8N10O30. The van der Waals surface area contributed by atoms with Crippen LogP contribution in [0.5, 0.6) is 0 Å². The van der Waals surface area contributed by atoms with Crippen molar-refractivity contribution in [2.45, 2.75) is 121 Å². The SMILES string of the molecule is CC(C)(CO)[C@@H](O)C(=O)NCCC(=O)[O-].CC(C)(CO)[C@@H](O)C(=O)NCCC(=O)[O-].O=C(NC(CO)C(O)c1ccc([N+](=O)[O-])cc1)C(Cl)Cl.O=C(NC(CO)C(O)c1ccc([N+](=O)[O-])cc1)C(Cl)Cl.O=C(NC(CO)C(O)c1ccc([N+](=O)[O-])cc1)C(Cl)Cl.O=C(NC(CO)C(O)c1ccc([N+](=O)[O-])cc1)C(Cl)Cl.[Ca+2]. The molecule has 616 valence electrons. The van der Waals surface area contributed by atoms with Crippen LogP contribution in [0.15, 0.2) is 97.1 Å². The standard InChI is InChI=1S/4C11H12Cl2N2O5.2C9H17NO5.Ca/c4*12-10(13)11(18)14-8(5-16)9(17)6-1-3-7(4-2-6)15(19)20;2*1-9(2,5-11)7(14)8(15)10-4-3-6(12)13;/h4*1-4,8-10,16-17H,5H2,(H,14,18);2*7,11,14H,3-5H2,1-2H3,(H,10,15)(H,12,13);/q;;;;;;+2/p-2/t;;;;2*7-;/m....00./s1. The van der Waals surface area contributed by atoms with Gasteiger partial charge in [-0.1, -0.05) is 121 Å². The molecule has 6 amide bonds. The van der Waals surface area contributed by atoms with Gasteiger partial charge in [0.1, 0.15) is 36.6 Å². The molecule has 0 aromatic heterocycles. The summed E-state index contributed by atoms with van der Waals surface area (Å²) in [6.07, 6.45) is -8.37. The maximum Gasteiger partial charge on any atom is 2.00 e. The second-order valence-electron chi connectivity index (χ2n) is 23.5. The zero-order chi connectivity index (χ0) is 85.3. The Morgan fingerprint density at radius 3 is 0.649 bits per heavy atom. The minimum absolute atomic E-state index is 0. The second kappa shape index (κ2) is 55.7. The summed E-state index contributed by atoms with van der Waals surface area (Å²) in [4.78, 5) is 122. The van der Waals surface area contributed by atoms with E-state index in [1.807, 2.05) is 0 Å². The number of carboxylic acid groups (broad SMARTS) is 2. The number of rotatable bonds is 36. The summed E-state index contributed by atoms with van der Waals surface area (Å²) in [5.41, 5.74) is -1.23. The molecule has 8 unspecified atom stereocenters. The van der Waals surface area contributed by atoms with E-state index in [0.717, 1.165) is 0 Å². The van der Waals surface area contributed by atoms with Gasteiger partial charge < -0.3 is 113 Å². The Morgan fingerprint density at radius 2 is 0.523 bits per heavy atom. The van der Waals surface area contributed by atoms with Gasteiger partial charge in [-0.25, -0.2) is 0 Å². The van der Waals surface area contributed by atoms with Gasteiger partial charge in [-0.2, -0.15) is 0 Å². The molecule has 4 aromatic rings. The molecule has 0 aliphatic heterocycles. The predicted molar refractivity (Wildman–Crippen MR) is 395 cm³/mol. The van der Waals surface area contributed by atoms with Crippen LogP contribution in [-0.2, 0) is 38.4 Å². The summed E-state index contributed by atoms with van der Waals surface area (Å²) in [5.74, 6) is -6.97. The first-order chi connectivity index (χ1) is 51.1. The number of carbonyl (C=O) groups excluding carboxylic acids is 8. The Balaban J connectivity index is -0.00000126. The van der Waals surface area contributed by atoms with Crippen molar-refractivity contribution in [1.82, 2.24) is 31.9 Å². The van der Waals surface area contributed by atoms with E-state index < -0.39 is 184 Å². The number of aliphatic hydroxyl groups excluding tert-OH is 12. The van der Waals surface area contributed by atoms with Crippen molar-refractivity contribution in [1.29, 1.82) is 0 Å². The van der Waals surface area contributed by atoms with Crippen molar-refractivity contribution >= 4 is 201 Å². The number of hydrogen-bond acceptors (Lipinski definition) is 30. The number of carbonyl (C=O) groups is 8. The number of alkyl halides is 8. The monoisotopic (exact) mass is 1760 g/mol. The molecule has 40 nitrogen and oxygen atoms in total. The van der Waals surface area contributed by atoms with Gasteiger partial charge in [0, 0.05) is 97.2 Å². The molecule has 111 heavy (non-hydrogen) atoms. The summed E-state index contributed by atoms with van der Waals surface area (Å²) in [6.45, 7) is 3.01. The van der Waals surface area contributed by atoms with Crippen LogP contribution in [0.1, 0.15) is 87.2 Å². The fourth-order valence-electron chi connectivity index (χ4n) is 7.63. The summed E-state index contributed by atoms with van der Waals surface area (Å²) < 4.78 is 0. The van der Waals surface area contributed by atoms with E-state index in [0.29, 0.717) is 22.3 Å². The average molecular weight is 1770 g/mol. The Morgan fingerprint density at radius 1 is 0.351 bits per heavy atom. The van der Waals surface area contributed by atoms with Crippen LogP contribution in [0.4, 0.5) is 22.7 Å². The molecular weight excluding hydrogens is 1690 g/mol. The number of nitro benzene ring substituents is 4. The van der Waals surface area contributed by atoms with Crippen LogP contribution < -0.4 is 42.1 Å². The van der Waals surface area contributed by atoms with Crippen molar-refractivity contribution in [3.8, 4) is 0 Å². The normalized spacial score (nSPS) is 13.6. The van der Waals surface area contributed by atoms with Gasteiger partial charge in [-0.05, 0) is 70.8 Å². The molecule has 4 aromatic carbocycles. The number of nitrogens with one attached hydrogen (secondary N) is 6. The third kappa shape index (κ3) is 41.8. The number of non-ortho nitro benzene ring substituents is 4. The van der Waals surface area contributed by atoms with E-state index in [1.165, 1.54) is 125 Å². The quantitative estimate of drug-likeness (QED) is 0.0107. The third-order valence-electron chi connectivity index (χ3n) is 14.2. The number of hydrogen-bond donors (Lipinski definition) is 18. The van der Waals surface area contributed by atoms with Crippen molar-refractivity contribution in [2.75, 3.05) is 52.7 Å². The van der Waals surface area contributed by atoms with Crippen molar-refractivity contribution in [2.24, 2.45) is 10.8 Å². The van der Waals surface area contributed by atoms with E-state index in [9.17, 15) is 120 Å². The van der Waals surface area contributed by atoms with E-state index >= 15 is 0 Å². The second-order valence-corrected chi connectivity index (χ2v) is 27.9. The van der Waals surface area contributed by atoms with E-state index in [2.05, 4.69) is 31.9 Å². The predicted octanol–water partition coefficient (Wildman–Crippen LogP) is -1.50. The van der Waals surface area contributed by atoms with Crippen LogP contribution in [0.3, 0.4) is 0 Å². The number of nitrogens with zero attached hydrogens (tertiary/aromatic N) is 4. The maximum atomic E-state index is 11.3. The van der Waals surface area contributed by atoms with Crippen molar-refractivity contribution in [3.05, 3.63) is 160 Å². The molecule has 18 N–H and O–H groups in total. The molecule has 4 rings (SSSR count). The van der Waals surface area contributed by atoms with Gasteiger partial charge in [-0.3, -0.25) is 69.2 Å². The van der Waals surface area contributed by atoms with Crippen molar-refractivity contribution < 1.29 is 130 Å². The molecule has 0 aliphatic carbocycles. The fourth-order valence-corrected chi connectivity index (χ4v) is 8.14. The molecule has 0 saturated heterocycles. The number of aliphatic hydroxyl groups is 12. The number of aliphatic carboxylic acids is 2. The fraction of sp³-hybridized carbons (Fsp3) is 0.484. The molecule has 0 saturated carbocycles. The smallest absolute Gasteiger partial charge is 0.550 e. The number of benzene rings is 4. The molecule has 10 atom stereocenters. The van der Waals surface area contributed by atoms with Gasteiger partial charge in [0.15, 0.2) is 19.3 Å². The van der Waals surface area contributed by atoms with Crippen LogP contribution in [0, 0.1) is 51.3 Å². The maximum absolute atomic E-state index is 11.3. The minimum Gasteiger partial charge on any atom is -0.550 e. The molecule has 0 radical (unpaired) electrons. The van der Waals surface area contributed by atoms with Crippen molar-refractivity contribution in [3.63, 3.8) is 0 Å². The number of halogens is 8. The van der Waals surface area contributed by atoms with E-state index in [-0.39, 0.29) is 99.6 Å². The van der Waals surface area contributed by atoms with Gasteiger partial charge >= 0.3 is 37.7 Å². The molecule has 0 spiro atoms. The summed E-state index contributed by atoms with van der Waals surface area (Å²) in [7, 11) is 0. The van der Waals surface area contributed by atoms with Gasteiger partial charge in [0.25, 0.3) is 46.4 Å². The topological polar surface area (TPSA) is 670 Å². The van der Waals surface area contributed by atoms with Crippen LogP contribution in [0.2, 0.25) is 0 Å². The van der Waals surface area contributed by atoms with Gasteiger partial charge in [0.05, 0.1) is 83.5 Å². The Labute approximate surface area is 700 Å². The molecule has 0 bridgehead atoms. The van der Waals surface area contributed by atoms with Gasteiger partial charge in [-0.15, -0.1) is 0 Å². The summed E-state index contributed by atoms with van der Waals surface area (Å²) in [6, 6.07) is 16.2. The Kier molecular flexibility index (Phi) is 54.5. The molecule has 0 aliphatic rings. The summed E-state index contributed by atoms with van der Waals surface area (Å²) in [5, 5.41) is 189.